The standard InChI is InChI=1S/C27H35N3O4/c1-2-33-19-7-14-28-27(32)23-9-4-3-8-22(23)21-12-15-29(16-13-21)17-18-30-24-10-5-6-11-25(24)34-20-26(30)31/h3-6,8-11,21H,2,7,12-20H2,1H3,(H,28,32). The third-order valence-electron chi connectivity index (χ3n) is 6.64. The summed E-state index contributed by atoms with van der Waals surface area (Å²) in [7, 11) is 0. The number of fused-ring (bicyclic) bond motifs is 1. The van der Waals surface area contributed by atoms with E-state index in [0.717, 1.165) is 61.5 Å². The minimum atomic E-state index is -0.000904. The lowest BCUT2D eigenvalue weighted by molar-refractivity contribution is -0.121. The summed E-state index contributed by atoms with van der Waals surface area (Å²) in [6.07, 6.45) is 2.82. The minimum Gasteiger partial charge on any atom is -0.482 e. The van der Waals surface area contributed by atoms with Crippen LogP contribution < -0.4 is 15.0 Å². The highest BCUT2D eigenvalue weighted by atomic mass is 16.5. The minimum absolute atomic E-state index is 0.000904. The van der Waals surface area contributed by atoms with E-state index in [1.165, 1.54) is 0 Å². The van der Waals surface area contributed by atoms with Crippen LogP contribution in [0.15, 0.2) is 48.5 Å². The zero-order valence-corrected chi connectivity index (χ0v) is 20.0. The van der Waals surface area contributed by atoms with Crippen molar-refractivity contribution < 1.29 is 19.1 Å². The summed E-state index contributed by atoms with van der Waals surface area (Å²) in [4.78, 5) is 29.5. The predicted octanol–water partition coefficient (Wildman–Crippen LogP) is 3.45. The molecule has 2 amide bonds. The number of hydrogen-bond donors (Lipinski definition) is 1. The maximum absolute atomic E-state index is 12.8. The molecule has 0 unspecified atom stereocenters. The van der Waals surface area contributed by atoms with Crippen molar-refractivity contribution in [1.29, 1.82) is 0 Å². The molecule has 2 aliphatic heterocycles. The molecule has 7 nitrogen and oxygen atoms in total. The van der Waals surface area contributed by atoms with Gasteiger partial charge in [-0.2, -0.15) is 0 Å². The summed E-state index contributed by atoms with van der Waals surface area (Å²) in [6, 6.07) is 15.7. The molecule has 4 rings (SSSR count). The van der Waals surface area contributed by atoms with Gasteiger partial charge in [0.2, 0.25) is 0 Å². The first-order valence-electron chi connectivity index (χ1n) is 12.4. The van der Waals surface area contributed by atoms with E-state index in [1.807, 2.05) is 54.3 Å². The van der Waals surface area contributed by atoms with Gasteiger partial charge in [0.15, 0.2) is 6.61 Å². The van der Waals surface area contributed by atoms with Crippen molar-refractivity contribution in [3.63, 3.8) is 0 Å². The van der Waals surface area contributed by atoms with Crippen molar-refractivity contribution in [1.82, 2.24) is 10.2 Å². The Bertz CT molecular complexity index is 972. The number of likely N-dealkylation sites (tertiary alicyclic amines) is 1. The van der Waals surface area contributed by atoms with Crippen LogP contribution in [0.2, 0.25) is 0 Å². The Morgan fingerprint density at radius 3 is 2.68 bits per heavy atom. The van der Waals surface area contributed by atoms with Crippen molar-refractivity contribution in [2.75, 3.05) is 57.4 Å². The van der Waals surface area contributed by atoms with Crippen LogP contribution in [-0.4, -0.2) is 69.3 Å². The number of nitrogens with zero attached hydrogens (tertiary/aromatic N) is 2. The third-order valence-corrected chi connectivity index (χ3v) is 6.64. The first-order chi connectivity index (χ1) is 16.7. The molecule has 1 N–H and O–H groups in total. The van der Waals surface area contributed by atoms with E-state index >= 15 is 0 Å². The lowest BCUT2D eigenvalue weighted by atomic mass is 9.86. The number of hydrogen-bond acceptors (Lipinski definition) is 5. The Labute approximate surface area is 202 Å². The highest BCUT2D eigenvalue weighted by Crippen LogP contribution is 2.32. The van der Waals surface area contributed by atoms with Crippen LogP contribution in [0.5, 0.6) is 5.75 Å². The molecule has 0 radical (unpaired) electrons. The van der Waals surface area contributed by atoms with Crippen LogP contribution in [0.4, 0.5) is 5.69 Å². The maximum Gasteiger partial charge on any atom is 0.265 e. The molecule has 0 atom stereocenters. The van der Waals surface area contributed by atoms with E-state index in [2.05, 4.69) is 16.3 Å². The molecule has 1 fully saturated rings. The summed E-state index contributed by atoms with van der Waals surface area (Å²) in [5.74, 6) is 1.15. The van der Waals surface area contributed by atoms with E-state index < -0.39 is 0 Å². The quantitative estimate of drug-likeness (QED) is 0.545. The number of para-hydroxylation sites is 2. The topological polar surface area (TPSA) is 71.1 Å². The van der Waals surface area contributed by atoms with Crippen molar-refractivity contribution >= 4 is 17.5 Å². The molecule has 34 heavy (non-hydrogen) atoms. The average molecular weight is 466 g/mol. The average Bonchev–Trinajstić information content (AvgIpc) is 2.88. The molecule has 0 bridgehead atoms. The van der Waals surface area contributed by atoms with Gasteiger partial charge in [0.1, 0.15) is 5.75 Å². The first-order valence-corrected chi connectivity index (χ1v) is 12.4. The lowest BCUT2D eigenvalue weighted by Crippen LogP contribution is -2.45. The molecule has 0 aliphatic carbocycles. The SMILES string of the molecule is CCOCCCNC(=O)c1ccccc1C1CCN(CCN2C(=O)COc3ccccc32)CC1. The van der Waals surface area contributed by atoms with Gasteiger partial charge >= 0.3 is 0 Å². The van der Waals surface area contributed by atoms with E-state index in [9.17, 15) is 9.59 Å². The number of ether oxygens (including phenoxy) is 2. The zero-order valence-electron chi connectivity index (χ0n) is 20.0. The Morgan fingerprint density at radius 1 is 1.09 bits per heavy atom. The first kappa shape index (κ1) is 24.2. The molecule has 2 aliphatic rings. The van der Waals surface area contributed by atoms with Gasteiger partial charge in [-0.15, -0.1) is 0 Å². The number of nitrogens with one attached hydrogen (secondary N) is 1. The van der Waals surface area contributed by atoms with Crippen LogP contribution in [0, 0.1) is 0 Å². The fourth-order valence-electron chi connectivity index (χ4n) is 4.78. The summed E-state index contributed by atoms with van der Waals surface area (Å²) in [5.41, 5.74) is 2.78. The Balaban J connectivity index is 1.29. The van der Waals surface area contributed by atoms with Gasteiger partial charge in [-0.1, -0.05) is 30.3 Å². The zero-order chi connectivity index (χ0) is 23.8. The second-order valence-electron chi connectivity index (χ2n) is 8.81. The van der Waals surface area contributed by atoms with E-state index in [4.69, 9.17) is 9.47 Å². The Morgan fingerprint density at radius 2 is 1.85 bits per heavy atom. The number of anilines is 1. The summed E-state index contributed by atoms with van der Waals surface area (Å²) >= 11 is 0. The van der Waals surface area contributed by atoms with Gasteiger partial charge in [0.05, 0.1) is 5.69 Å². The molecular formula is C27H35N3O4. The Kier molecular flexibility index (Phi) is 8.55. The summed E-state index contributed by atoms with van der Waals surface area (Å²) in [6.45, 7) is 7.45. The fraction of sp³-hybridized carbons (Fsp3) is 0.481. The highest BCUT2D eigenvalue weighted by molar-refractivity contribution is 5.97. The molecule has 2 aromatic carbocycles. The van der Waals surface area contributed by atoms with Crippen LogP contribution in [0.25, 0.3) is 0 Å². The van der Waals surface area contributed by atoms with Crippen molar-refractivity contribution in [3.8, 4) is 5.75 Å². The van der Waals surface area contributed by atoms with E-state index in [0.29, 0.717) is 32.2 Å². The van der Waals surface area contributed by atoms with Crippen LogP contribution in [0.3, 0.4) is 0 Å². The number of benzene rings is 2. The second-order valence-corrected chi connectivity index (χ2v) is 8.81. The fourth-order valence-corrected chi connectivity index (χ4v) is 4.78. The largest absolute Gasteiger partial charge is 0.482 e. The lowest BCUT2D eigenvalue weighted by Gasteiger charge is -2.35. The van der Waals surface area contributed by atoms with Gasteiger partial charge < -0.3 is 24.6 Å². The van der Waals surface area contributed by atoms with Crippen molar-refractivity contribution in [2.45, 2.75) is 32.1 Å². The number of amides is 2. The maximum atomic E-state index is 12.8. The number of piperidine rings is 1. The number of rotatable bonds is 10. The highest BCUT2D eigenvalue weighted by Gasteiger charge is 2.27. The molecule has 0 saturated carbocycles. The number of carbonyl (C=O) groups is 2. The molecule has 0 spiro atoms. The van der Waals surface area contributed by atoms with E-state index in [-0.39, 0.29) is 18.4 Å². The Hall–Kier alpha value is -2.90. The second kappa shape index (κ2) is 12.0. The molecule has 7 heteroatoms. The molecule has 182 valence electrons. The van der Waals surface area contributed by atoms with Gasteiger partial charge in [0.25, 0.3) is 11.8 Å². The predicted molar refractivity (Wildman–Crippen MR) is 133 cm³/mol. The van der Waals surface area contributed by atoms with Crippen LogP contribution in [-0.2, 0) is 9.53 Å². The van der Waals surface area contributed by atoms with Crippen molar-refractivity contribution in [3.05, 3.63) is 59.7 Å². The molecular weight excluding hydrogens is 430 g/mol. The summed E-state index contributed by atoms with van der Waals surface area (Å²) < 4.78 is 10.9. The number of carbonyl (C=O) groups excluding carboxylic acids is 2. The third kappa shape index (κ3) is 5.96. The van der Waals surface area contributed by atoms with Crippen LogP contribution >= 0.6 is 0 Å². The van der Waals surface area contributed by atoms with Gasteiger partial charge in [-0.05, 0) is 69.0 Å². The van der Waals surface area contributed by atoms with Crippen molar-refractivity contribution in [2.24, 2.45) is 0 Å². The molecule has 1 saturated heterocycles. The van der Waals surface area contributed by atoms with Gasteiger partial charge in [0, 0.05) is 38.4 Å². The molecule has 2 aromatic rings. The van der Waals surface area contributed by atoms with Gasteiger partial charge in [-0.25, -0.2) is 0 Å². The molecule has 0 aromatic heterocycles. The molecule has 2 heterocycles. The van der Waals surface area contributed by atoms with Crippen LogP contribution in [0.1, 0.15) is 48.0 Å². The van der Waals surface area contributed by atoms with Gasteiger partial charge in [-0.3, -0.25) is 9.59 Å². The normalized spacial score (nSPS) is 16.7. The smallest absolute Gasteiger partial charge is 0.265 e. The monoisotopic (exact) mass is 465 g/mol. The van der Waals surface area contributed by atoms with E-state index in [1.54, 1.807) is 0 Å². The summed E-state index contributed by atoms with van der Waals surface area (Å²) in [5, 5.41) is 3.04.